The van der Waals surface area contributed by atoms with Gasteiger partial charge in [0.15, 0.2) is 6.10 Å². The molecule has 0 saturated carbocycles. The Balaban J connectivity index is 2.97. The summed E-state index contributed by atoms with van der Waals surface area (Å²) in [6, 6.07) is 5.23. The monoisotopic (exact) mass is 298 g/mol. The highest BCUT2D eigenvalue weighted by molar-refractivity contribution is 7.86. The second-order valence-corrected chi connectivity index (χ2v) is 5.48. The number of hydrogen-bond donors (Lipinski definition) is 1. The lowest BCUT2D eigenvalue weighted by atomic mass is 10.2. The fraction of sp³-hybridized carbons (Fsp3) is 0.455. The summed E-state index contributed by atoms with van der Waals surface area (Å²) in [4.78, 5) is -0.356. The normalized spacial score (nSPS) is 14.4. The molecular formula is C11H13F3O4S. The van der Waals surface area contributed by atoms with Crippen molar-refractivity contribution in [1.82, 2.24) is 0 Å². The summed E-state index contributed by atoms with van der Waals surface area (Å²) >= 11 is 0. The van der Waals surface area contributed by atoms with Crippen LogP contribution in [0, 0.1) is 6.92 Å². The second-order valence-electron chi connectivity index (χ2n) is 3.91. The number of halogens is 3. The molecular weight excluding hydrogens is 285 g/mol. The lowest BCUT2D eigenvalue weighted by Crippen LogP contribution is -2.34. The number of aliphatic hydroxyl groups is 1. The lowest BCUT2D eigenvalue weighted by Gasteiger charge is -2.19. The van der Waals surface area contributed by atoms with Gasteiger partial charge >= 0.3 is 6.18 Å². The summed E-state index contributed by atoms with van der Waals surface area (Å²) < 4.78 is 65.0. The second kappa shape index (κ2) is 5.89. The number of aliphatic hydroxyl groups excluding tert-OH is 1. The molecule has 1 N–H and O–H groups in total. The third-order valence-electron chi connectivity index (χ3n) is 2.31. The molecule has 0 heterocycles. The third kappa shape index (κ3) is 4.48. The molecule has 0 amide bonds. The zero-order chi connectivity index (χ0) is 14.7. The predicted octanol–water partition coefficient (Wildman–Crippen LogP) is 2.01. The molecule has 0 bridgehead atoms. The average molecular weight is 298 g/mol. The van der Waals surface area contributed by atoms with E-state index in [1.807, 2.05) is 0 Å². The van der Waals surface area contributed by atoms with Gasteiger partial charge in [-0.2, -0.15) is 21.6 Å². The quantitative estimate of drug-likeness (QED) is 0.845. The topological polar surface area (TPSA) is 63.6 Å². The van der Waals surface area contributed by atoms with Crippen molar-refractivity contribution >= 4 is 10.1 Å². The molecule has 1 aromatic carbocycles. The minimum absolute atomic E-state index is 0.356. The maximum Gasteiger partial charge on any atom is 0.416 e. The fourth-order valence-corrected chi connectivity index (χ4v) is 2.39. The van der Waals surface area contributed by atoms with Gasteiger partial charge in [0, 0.05) is 13.0 Å². The zero-order valence-corrected chi connectivity index (χ0v) is 10.8. The minimum atomic E-state index is -4.86. The van der Waals surface area contributed by atoms with Gasteiger partial charge in [-0.15, -0.1) is 0 Å². The first-order valence-electron chi connectivity index (χ1n) is 5.34. The maximum absolute atomic E-state index is 12.5. The van der Waals surface area contributed by atoms with Gasteiger partial charge in [0.2, 0.25) is 0 Å². The van der Waals surface area contributed by atoms with Crippen molar-refractivity contribution in [3.63, 3.8) is 0 Å². The maximum atomic E-state index is 12.5. The zero-order valence-electron chi connectivity index (χ0n) is 10.0. The van der Waals surface area contributed by atoms with Crippen molar-refractivity contribution in [2.75, 3.05) is 6.61 Å². The molecule has 8 heteroatoms. The third-order valence-corrected chi connectivity index (χ3v) is 3.64. The highest BCUT2D eigenvalue weighted by atomic mass is 32.2. The van der Waals surface area contributed by atoms with Crippen LogP contribution in [0.2, 0.25) is 0 Å². The highest BCUT2D eigenvalue weighted by Gasteiger charge is 2.43. The molecule has 0 aliphatic rings. The predicted molar refractivity (Wildman–Crippen MR) is 61.0 cm³/mol. The van der Waals surface area contributed by atoms with Crippen molar-refractivity contribution in [2.45, 2.75) is 30.5 Å². The number of alkyl halides is 3. The molecule has 1 rings (SSSR count). The Morgan fingerprint density at radius 1 is 1.26 bits per heavy atom. The Kier molecular flexibility index (Phi) is 4.94. The first-order chi connectivity index (χ1) is 8.66. The summed E-state index contributed by atoms with van der Waals surface area (Å²) in [7, 11) is -4.51. The first-order valence-corrected chi connectivity index (χ1v) is 6.75. The van der Waals surface area contributed by atoms with Crippen molar-refractivity contribution in [2.24, 2.45) is 0 Å². The van der Waals surface area contributed by atoms with Gasteiger partial charge in [-0.1, -0.05) is 17.7 Å². The molecule has 0 aliphatic heterocycles. The van der Waals surface area contributed by atoms with E-state index < -0.39 is 35.4 Å². The van der Waals surface area contributed by atoms with Crippen LogP contribution < -0.4 is 0 Å². The molecule has 0 saturated heterocycles. The van der Waals surface area contributed by atoms with Crippen molar-refractivity contribution in [3.8, 4) is 0 Å². The Morgan fingerprint density at radius 2 is 1.79 bits per heavy atom. The first kappa shape index (κ1) is 15.9. The summed E-state index contributed by atoms with van der Waals surface area (Å²) in [5, 5.41) is 8.53. The van der Waals surface area contributed by atoms with E-state index in [0.29, 0.717) is 0 Å². The van der Waals surface area contributed by atoms with E-state index in [2.05, 4.69) is 4.18 Å². The van der Waals surface area contributed by atoms with Gasteiger partial charge < -0.3 is 5.11 Å². The van der Waals surface area contributed by atoms with Gasteiger partial charge in [-0.05, 0) is 19.1 Å². The van der Waals surface area contributed by atoms with E-state index in [-0.39, 0.29) is 4.90 Å². The van der Waals surface area contributed by atoms with Crippen molar-refractivity contribution < 1.29 is 30.9 Å². The SMILES string of the molecule is Cc1ccc(S(=O)(=O)OC(CCO)C(F)(F)F)cc1. The van der Waals surface area contributed by atoms with E-state index in [1.54, 1.807) is 6.92 Å². The van der Waals surface area contributed by atoms with Crippen LogP contribution in [0.1, 0.15) is 12.0 Å². The smallest absolute Gasteiger partial charge is 0.396 e. The van der Waals surface area contributed by atoms with Crippen LogP contribution in [0.5, 0.6) is 0 Å². The van der Waals surface area contributed by atoms with Crippen LogP contribution in [-0.2, 0) is 14.3 Å². The largest absolute Gasteiger partial charge is 0.416 e. The fourth-order valence-electron chi connectivity index (χ4n) is 1.30. The van der Waals surface area contributed by atoms with E-state index >= 15 is 0 Å². The van der Waals surface area contributed by atoms with Crippen LogP contribution in [0.15, 0.2) is 29.2 Å². The Bertz CT molecular complexity index is 508. The number of rotatable bonds is 5. The number of hydrogen-bond acceptors (Lipinski definition) is 4. The van der Waals surface area contributed by atoms with Crippen LogP contribution in [0.4, 0.5) is 13.2 Å². The summed E-state index contributed by atoms with van der Waals surface area (Å²) in [6.45, 7) is 0.884. The molecule has 19 heavy (non-hydrogen) atoms. The van der Waals surface area contributed by atoms with Crippen molar-refractivity contribution in [1.29, 1.82) is 0 Å². The van der Waals surface area contributed by atoms with Gasteiger partial charge in [0.25, 0.3) is 10.1 Å². The standard InChI is InChI=1S/C11H13F3O4S/c1-8-2-4-9(5-3-8)19(16,17)18-10(6-7-15)11(12,13)14/h2-5,10,15H,6-7H2,1H3. The molecule has 4 nitrogen and oxygen atoms in total. The summed E-state index contributed by atoms with van der Waals surface area (Å²) in [5.41, 5.74) is 0.765. The highest BCUT2D eigenvalue weighted by Crippen LogP contribution is 2.28. The summed E-state index contributed by atoms with van der Waals surface area (Å²) in [6.07, 6.45) is -8.25. The van der Waals surface area contributed by atoms with Crippen LogP contribution in [-0.4, -0.2) is 32.4 Å². The molecule has 0 spiro atoms. The van der Waals surface area contributed by atoms with Crippen molar-refractivity contribution in [3.05, 3.63) is 29.8 Å². The van der Waals surface area contributed by atoms with Crippen LogP contribution in [0.25, 0.3) is 0 Å². The molecule has 0 aromatic heterocycles. The molecule has 0 radical (unpaired) electrons. The number of aryl methyl sites for hydroxylation is 1. The number of benzene rings is 1. The molecule has 108 valence electrons. The summed E-state index contributed by atoms with van der Waals surface area (Å²) in [5.74, 6) is 0. The van der Waals surface area contributed by atoms with Gasteiger partial charge in [0.05, 0.1) is 4.90 Å². The Labute approximate surface area is 108 Å². The van der Waals surface area contributed by atoms with E-state index in [1.165, 1.54) is 12.1 Å². The molecule has 1 unspecified atom stereocenters. The van der Waals surface area contributed by atoms with Gasteiger partial charge in [-0.25, -0.2) is 0 Å². The van der Waals surface area contributed by atoms with Crippen LogP contribution >= 0.6 is 0 Å². The van der Waals surface area contributed by atoms with E-state index in [9.17, 15) is 21.6 Å². The molecule has 0 aliphatic carbocycles. The minimum Gasteiger partial charge on any atom is -0.396 e. The van der Waals surface area contributed by atoms with E-state index in [0.717, 1.165) is 17.7 Å². The Hall–Kier alpha value is -1.12. The van der Waals surface area contributed by atoms with Crippen LogP contribution in [0.3, 0.4) is 0 Å². The Morgan fingerprint density at radius 3 is 2.21 bits per heavy atom. The van der Waals surface area contributed by atoms with Gasteiger partial charge in [0.1, 0.15) is 0 Å². The molecule has 1 atom stereocenters. The average Bonchev–Trinajstić information content (AvgIpc) is 2.27. The van der Waals surface area contributed by atoms with Gasteiger partial charge in [-0.3, -0.25) is 4.18 Å². The molecule has 1 aromatic rings. The van der Waals surface area contributed by atoms with E-state index in [4.69, 9.17) is 5.11 Å². The lowest BCUT2D eigenvalue weighted by molar-refractivity contribution is -0.197. The molecule has 0 fully saturated rings.